The van der Waals surface area contributed by atoms with Gasteiger partial charge in [-0.1, -0.05) is 24.8 Å². The largest absolute Gasteiger partial charge is 0.458 e. The molecule has 2 saturated carbocycles. The molecular weight excluding hydrogens is 244 g/mol. The van der Waals surface area contributed by atoms with Gasteiger partial charge in [0.15, 0.2) is 0 Å². The summed E-state index contributed by atoms with van der Waals surface area (Å²) in [6.07, 6.45) is 6.86. The Kier molecular flexibility index (Phi) is 3.63. The van der Waals surface area contributed by atoms with Crippen LogP contribution in [0, 0.1) is 11.8 Å². The number of fused-ring (bicyclic) bond motifs is 1. The third-order valence-electron chi connectivity index (χ3n) is 4.85. The maximum atomic E-state index is 11.7. The van der Waals surface area contributed by atoms with E-state index in [9.17, 15) is 15.0 Å². The third kappa shape index (κ3) is 2.56. The summed E-state index contributed by atoms with van der Waals surface area (Å²) in [5, 5.41) is 20.0. The van der Waals surface area contributed by atoms with Crippen molar-refractivity contribution in [3.05, 3.63) is 11.6 Å². The van der Waals surface area contributed by atoms with Crippen molar-refractivity contribution in [2.75, 3.05) is 0 Å². The Morgan fingerprint density at radius 3 is 2.58 bits per heavy atom. The highest BCUT2D eigenvalue weighted by molar-refractivity contribution is 5.84. The van der Waals surface area contributed by atoms with Crippen LogP contribution in [0.5, 0.6) is 0 Å². The number of carbonyl (C=O) groups is 1. The monoisotopic (exact) mass is 266 g/mol. The molecule has 0 bridgehead atoms. The van der Waals surface area contributed by atoms with Gasteiger partial charge in [-0.15, -0.1) is 0 Å². The molecular formula is C15H22O4. The van der Waals surface area contributed by atoms with Gasteiger partial charge >= 0.3 is 5.97 Å². The molecule has 2 aliphatic carbocycles. The quantitative estimate of drug-likeness (QED) is 0.707. The average Bonchev–Trinajstić information content (AvgIpc) is 2.38. The number of esters is 1. The van der Waals surface area contributed by atoms with E-state index in [0.29, 0.717) is 18.8 Å². The van der Waals surface area contributed by atoms with Gasteiger partial charge in [0.25, 0.3) is 0 Å². The Morgan fingerprint density at radius 1 is 1.11 bits per heavy atom. The van der Waals surface area contributed by atoms with Crippen LogP contribution in [0.25, 0.3) is 0 Å². The highest BCUT2D eigenvalue weighted by atomic mass is 16.5. The minimum absolute atomic E-state index is 0.0933. The molecule has 0 spiro atoms. The second-order valence-corrected chi connectivity index (χ2v) is 6.17. The molecule has 2 N–H and O–H groups in total. The molecule has 3 rings (SSSR count). The number of aliphatic hydroxyl groups is 2. The lowest BCUT2D eigenvalue weighted by Crippen LogP contribution is -2.48. The Bertz CT molecular complexity index is 384. The van der Waals surface area contributed by atoms with Gasteiger partial charge in [-0.25, -0.2) is 4.79 Å². The normalized spacial score (nSPS) is 40.3. The average molecular weight is 266 g/mol. The van der Waals surface area contributed by atoms with E-state index in [1.807, 2.05) is 0 Å². The van der Waals surface area contributed by atoms with Gasteiger partial charge < -0.3 is 14.9 Å². The zero-order valence-corrected chi connectivity index (χ0v) is 11.1. The Morgan fingerprint density at radius 2 is 1.84 bits per heavy atom. The third-order valence-corrected chi connectivity index (χ3v) is 4.85. The van der Waals surface area contributed by atoms with Crippen LogP contribution in [-0.2, 0) is 9.53 Å². The molecule has 0 aromatic rings. The van der Waals surface area contributed by atoms with E-state index >= 15 is 0 Å². The maximum absolute atomic E-state index is 11.7. The summed E-state index contributed by atoms with van der Waals surface area (Å²) in [6.45, 7) is 0. The predicted octanol–water partition coefficient (Wildman–Crippen LogP) is 1.55. The van der Waals surface area contributed by atoms with Gasteiger partial charge in [-0.2, -0.15) is 0 Å². The number of carbonyl (C=O) groups excluding carboxylic acids is 1. The maximum Gasteiger partial charge on any atom is 0.331 e. The van der Waals surface area contributed by atoms with Gasteiger partial charge in [-0.3, -0.25) is 0 Å². The zero-order valence-electron chi connectivity index (χ0n) is 11.1. The van der Waals surface area contributed by atoms with E-state index in [1.165, 1.54) is 19.3 Å². The van der Waals surface area contributed by atoms with E-state index in [1.54, 1.807) is 6.08 Å². The first kappa shape index (κ1) is 13.1. The van der Waals surface area contributed by atoms with Gasteiger partial charge in [0.1, 0.15) is 6.10 Å². The van der Waals surface area contributed by atoms with Crippen molar-refractivity contribution in [1.29, 1.82) is 0 Å². The van der Waals surface area contributed by atoms with Crippen molar-refractivity contribution < 1.29 is 19.7 Å². The first-order valence-electron chi connectivity index (χ1n) is 7.43. The van der Waals surface area contributed by atoms with Crippen molar-refractivity contribution >= 4 is 5.97 Å². The molecule has 106 valence electrons. The van der Waals surface area contributed by atoms with Crippen LogP contribution < -0.4 is 0 Å². The summed E-state index contributed by atoms with van der Waals surface area (Å²) in [5.41, 5.74) is 1.08. The molecule has 4 unspecified atom stereocenters. The number of rotatable bonds is 1. The predicted molar refractivity (Wildman–Crippen MR) is 69.3 cm³/mol. The molecule has 4 atom stereocenters. The zero-order chi connectivity index (χ0) is 13.4. The van der Waals surface area contributed by atoms with Crippen molar-refractivity contribution in [2.45, 2.75) is 63.3 Å². The van der Waals surface area contributed by atoms with Crippen LogP contribution in [0.2, 0.25) is 0 Å². The van der Waals surface area contributed by atoms with Crippen LogP contribution in [0.1, 0.15) is 44.9 Å². The van der Waals surface area contributed by atoms with Gasteiger partial charge in [0.05, 0.1) is 12.2 Å². The van der Waals surface area contributed by atoms with Crippen molar-refractivity contribution in [2.24, 2.45) is 11.8 Å². The summed E-state index contributed by atoms with van der Waals surface area (Å²) in [4.78, 5) is 11.7. The lowest BCUT2D eigenvalue weighted by molar-refractivity contribution is -0.157. The van der Waals surface area contributed by atoms with E-state index in [4.69, 9.17) is 4.74 Å². The minimum Gasteiger partial charge on any atom is -0.458 e. The van der Waals surface area contributed by atoms with Crippen LogP contribution in [-0.4, -0.2) is 34.5 Å². The second-order valence-electron chi connectivity index (χ2n) is 6.17. The Hall–Kier alpha value is -0.870. The first-order chi connectivity index (χ1) is 9.15. The number of ether oxygens (including phenoxy) is 1. The van der Waals surface area contributed by atoms with E-state index in [2.05, 4.69) is 0 Å². The smallest absolute Gasteiger partial charge is 0.331 e. The molecule has 0 amide bonds. The molecule has 2 fully saturated rings. The summed E-state index contributed by atoms with van der Waals surface area (Å²) in [7, 11) is 0. The number of hydrogen-bond donors (Lipinski definition) is 2. The first-order valence-corrected chi connectivity index (χ1v) is 7.43. The van der Waals surface area contributed by atoms with Crippen LogP contribution in [0.4, 0.5) is 0 Å². The van der Waals surface area contributed by atoms with Crippen LogP contribution in [0.15, 0.2) is 11.6 Å². The fourth-order valence-corrected chi connectivity index (χ4v) is 3.98. The highest BCUT2D eigenvalue weighted by Gasteiger charge is 2.44. The summed E-state index contributed by atoms with van der Waals surface area (Å²) in [6, 6.07) is 0. The lowest BCUT2D eigenvalue weighted by Gasteiger charge is -2.43. The van der Waals surface area contributed by atoms with Gasteiger partial charge in [0.2, 0.25) is 0 Å². The molecule has 0 aromatic carbocycles. The van der Waals surface area contributed by atoms with Crippen molar-refractivity contribution in [3.63, 3.8) is 0 Å². The lowest BCUT2D eigenvalue weighted by atomic mass is 9.69. The van der Waals surface area contributed by atoms with Crippen LogP contribution in [0.3, 0.4) is 0 Å². The number of hydrogen-bond acceptors (Lipinski definition) is 4. The highest BCUT2D eigenvalue weighted by Crippen LogP contribution is 2.42. The molecule has 1 heterocycles. The molecule has 0 aromatic heterocycles. The van der Waals surface area contributed by atoms with E-state index in [-0.39, 0.29) is 18.0 Å². The molecule has 19 heavy (non-hydrogen) atoms. The van der Waals surface area contributed by atoms with Gasteiger partial charge in [0, 0.05) is 24.8 Å². The molecule has 4 nitrogen and oxygen atoms in total. The fourth-order valence-electron chi connectivity index (χ4n) is 3.98. The minimum atomic E-state index is -0.588. The number of aliphatic hydroxyl groups excluding tert-OH is 2. The summed E-state index contributed by atoms with van der Waals surface area (Å²) in [5.74, 6) is 0.0197. The second kappa shape index (κ2) is 5.25. The molecule has 0 radical (unpaired) electrons. The topological polar surface area (TPSA) is 66.8 Å². The van der Waals surface area contributed by atoms with E-state index in [0.717, 1.165) is 18.4 Å². The van der Waals surface area contributed by atoms with Crippen molar-refractivity contribution in [1.82, 2.24) is 0 Å². The van der Waals surface area contributed by atoms with Gasteiger partial charge in [-0.05, 0) is 18.8 Å². The summed E-state index contributed by atoms with van der Waals surface area (Å²) < 4.78 is 5.32. The SMILES string of the molecule is O=C1C=C(C2CCCCC2)C2C(O)CC(O)CC2O1. The fraction of sp³-hybridized carbons (Fsp3) is 0.800. The van der Waals surface area contributed by atoms with Crippen molar-refractivity contribution in [3.8, 4) is 0 Å². The molecule has 3 aliphatic rings. The molecule has 4 heteroatoms. The Labute approximate surface area is 113 Å². The molecule has 0 saturated heterocycles. The standard InChI is InChI=1S/C15H22O4/c16-10-6-12(17)15-11(9-4-2-1-3-5-9)8-14(18)19-13(15)7-10/h8-10,12-13,15-17H,1-7H2. The Balaban J connectivity index is 1.85. The van der Waals surface area contributed by atoms with E-state index < -0.39 is 12.2 Å². The molecule has 1 aliphatic heterocycles. The summed E-state index contributed by atoms with van der Waals surface area (Å²) >= 11 is 0. The van der Waals surface area contributed by atoms with Crippen LogP contribution >= 0.6 is 0 Å².